The van der Waals surface area contributed by atoms with Gasteiger partial charge >= 0.3 is 5.97 Å². The summed E-state index contributed by atoms with van der Waals surface area (Å²) in [5.41, 5.74) is 7.81. The third kappa shape index (κ3) is 6.15. The molecule has 1 aromatic rings. The highest BCUT2D eigenvalue weighted by Gasteiger charge is 2.45. The number of carboxylic acid groups (broad SMARTS) is 1. The van der Waals surface area contributed by atoms with Crippen molar-refractivity contribution in [3.63, 3.8) is 0 Å². The van der Waals surface area contributed by atoms with Gasteiger partial charge in [-0.25, -0.2) is 5.43 Å². The number of nitriles is 1. The van der Waals surface area contributed by atoms with Gasteiger partial charge in [-0.2, -0.15) is 5.26 Å². The van der Waals surface area contributed by atoms with Crippen LogP contribution in [0, 0.1) is 29.1 Å². The number of nitrogens with zero attached hydrogens (tertiary/aromatic N) is 3. The number of piperidine rings is 2. The monoisotopic (exact) mass is 510 g/mol. The normalized spacial score (nSPS) is 31.2. The van der Waals surface area contributed by atoms with E-state index in [4.69, 9.17) is 10.4 Å². The van der Waals surface area contributed by atoms with Crippen LogP contribution in [0.4, 0.5) is 11.4 Å². The second-order valence-corrected chi connectivity index (χ2v) is 10.8. The first-order valence-corrected chi connectivity index (χ1v) is 13.5. The largest absolute Gasteiger partial charge is 0.481 e. The lowest BCUT2D eigenvalue weighted by Crippen LogP contribution is -2.77. The van der Waals surface area contributed by atoms with Gasteiger partial charge in [-0.1, -0.05) is 0 Å². The highest BCUT2D eigenvalue weighted by molar-refractivity contribution is 5.81. The van der Waals surface area contributed by atoms with E-state index in [0.29, 0.717) is 18.9 Å². The zero-order valence-corrected chi connectivity index (χ0v) is 21.2. The maximum absolute atomic E-state index is 12.8. The van der Waals surface area contributed by atoms with Gasteiger partial charge in [0.05, 0.1) is 18.2 Å². The van der Waals surface area contributed by atoms with Crippen LogP contribution in [0.2, 0.25) is 0 Å². The molecule has 4 saturated heterocycles. The number of amides is 1. The quantitative estimate of drug-likeness (QED) is 0.312. The fourth-order valence-electron chi connectivity index (χ4n) is 6.26. The molecular formula is C26H38N8O3. The first-order valence-electron chi connectivity index (χ1n) is 13.5. The smallest absolute Gasteiger partial charge is 0.303 e. The average Bonchev–Trinajstić information content (AvgIpc) is 2.89. The lowest BCUT2D eigenvalue weighted by Gasteiger charge is -2.49. The Hall–Kier alpha value is -2.91. The van der Waals surface area contributed by atoms with Gasteiger partial charge in [-0.05, 0) is 61.8 Å². The van der Waals surface area contributed by atoms with Crippen LogP contribution in [0.5, 0.6) is 0 Å². The average molecular weight is 511 g/mol. The molecule has 4 aliphatic heterocycles. The van der Waals surface area contributed by atoms with Gasteiger partial charge in [0.15, 0.2) is 0 Å². The zero-order valence-electron chi connectivity index (χ0n) is 21.2. The highest BCUT2D eigenvalue weighted by atomic mass is 16.4. The fourth-order valence-corrected chi connectivity index (χ4v) is 6.26. The van der Waals surface area contributed by atoms with E-state index in [2.05, 4.69) is 54.8 Å². The van der Waals surface area contributed by atoms with Crippen molar-refractivity contribution >= 4 is 23.3 Å². The minimum Gasteiger partial charge on any atom is -0.481 e. The number of nitrogens with one attached hydrogen (secondary N) is 5. The number of hydrogen-bond donors (Lipinski definition) is 6. The predicted molar refractivity (Wildman–Crippen MR) is 139 cm³/mol. The van der Waals surface area contributed by atoms with Gasteiger partial charge in [0.2, 0.25) is 5.91 Å². The molecule has 1 aromatic carbocycles. The van der Waals surface area contributed by atoms with Crippen LogP contribution in [0.25, 0.3) is 0 Å². The minimum atomic E-state index is -0.731. The van der Waals surface area contributed by atoms with Crippen molar-refractivity contribution in [2.45, 2.75) is 57.0 Å². The number of rotatable bonds is 7. The van der Waals surface area contributed by atoms with Crippen molar-refractivity contribution in [3.8, 4) is 6.07 Å². The molecule has 5 atom stereocenters. The summed E-state index contributed by atoms with van der Waals surface area (Å²) in [7, 11) is 0. The SMILES string of the molecule is N#CCC1CCN(C2NC3CNNC(=O)C3C(Nc3ccc(N4CCCC(CC(=O)O)C4)cc3)N2)CC1. The molecule has 37 heavy (non-hydrogen) atoms. The summed E-state index contributed by atoms with van der Waals surface area (Å²) in [5.74, 6) is -0.417. The molecular weight excluding hydrogens is 472 g/mol. The van der Waals surface area contributed by atoms with Crippen LogP contribution < -0.4 is 31.7 Å². The van der Waals surface area contributed by atoms with Crippen molar-refractivity contribution in [1.29, 1.82) is 5.26 Å². The van der Waals surface area contributed by atoms with Crippen molar-refractivity contribution in [2.24, 2.45) is 17.8 Å². The predicted octanol–water partition coefficient (Wildman–Crippen LogP) is 0.837. The van der Waals surface area contributed by atoms with E-state index in [1.54, 1.807) is 0 Å². The number of benzene rings is 1. The van der Waals surface area contributed by atoms with Crippen LogP contribution in [0.1, 0.15) is 38.5 Å². The molecule has 5 rings (SSSR count). The van der Waals surface area contributed by atoms with Gasteiger partial charge in [0, 0.05) is 63.0 Å². The lowest BCUT2D eigenvalue weighted by molar-refractivity contribution is -0.138. The molecule has 0 bridgehead atoms. The van der Waals surface area contributed by atoms with Crippen LogP contribution in [-0.4, -0.2) is 73.1 Å². The number of anilines is 2. The Kier molecular flexibility index (Phi) is 8.10. The molecule has 1 amide bonds. The van der Waals surface area contributed by atoms with E-state index in [9.17, 15) is 9.59 Å². The van der Waals surface area contributed by atoms with Crippen LogP contribution in [-0.2, 0) is 9.59 Å². The van der Waals surface area contributed by atoms with Gasteiger partial charge in [0.1, 0.15) is 6.29 Å². The minimum absolute atomic E-state index is 0.0203. The Morgan fingerprint density at radius 2 is 1.89 bits per heavy atom. The second kappa shape index (κ2) is 11.6. The van der Waals surface area contributed by atoms with Crippen molar-refractivity contribution in [3.05, 3.63) is 24.3 Å². The molecule has 0 saturated carbocycles. The maximum Gasteiger partial charge on any atom is 0.303 e. The Morgan fingerprint density at radius 3 is 2.62 bits per heavy atom. The third-order valence-electron chi connectivity index (χ3n) is 8.27. The summed E-state index contributed by atoms with van der Waals surface area (Å²) in [4.78, 5) is 28.6. The lowest BCUT2D eigenvalue weighted by atomic mass is 9.90. The Bertz CT molecular complexity index is 991. The summed E-state index contributed by atoms with van der Waals surface area (Å²) in [6.45, 7) is 4.16. The molecule has 0 aliphatic carbocycles. The topological polar surface area (TPSA) is 145 Å². The van der Waals surface area contributed by atoms with Gasteiger partial charge < -0.3 is 15.3 Å². The molecule has 0 spiro atoms. The molecule has 4 heterocycles. The number of carbonyl (C=O) groups is 2. The van der Waals surface area contributed by atoms with Crippen molar-refractivity contribution in [1.82, 2.24) is 26.4 Å². The molecule has 200 valence electrons. The molecule has 11 heteroatoms. The number of hydrazine groups is 1. The third-order valence-corrected chi connectivity index (χ3v) is 8.27. The summed E-state index contributed by atoms with van der Waals surface area (Å²) < 4.78 is 0. The molecule has 11 nitrogen and oxygen atoms in total. The van der Waals surface area contributed by atoms with Gasteiger partial charge in [0.25, 0.3) is 0 Å². The Morgan fingerprint density at radius 1 is 1.11 bits per heavy atom. The number of carbonyl (C=O) groups excluding carboxylic acids is 1. The number of fused-ring (bicyclic) bond motifs is 1. The number of hydrogen-bond acceptors (Lipinski definition) is 9. The maximum atomic E-state index is 12.8. The van der Waals surface area contributed by atoms with E-state index in [1.165, 1.54) is 0 Å². The van der Waals surface area contributed by atoms with Crippen molar-refractivity contribution < 1.29 is 14.7 Å². The van der Waals surface area contributed by atoms with E-state index in [0.717, 1.165) is 63.2 Å². The van der Waals surface area contributed by atoms with Crippen LogP contribution in [0.15, 0.2) is 24.3 Å². The van der Waals surface area contributed by atoms with E-state index in [-0.39, 0.29) is 42.7 Å². The van der Waals surface area contributed by atoms with Crippen LogP contribution >= 0.6 is 0 Å². The molecule has 6 N–H and O–H groups in total. The first-order chi connectivity index (χ1) is 18.0. The number of aliphatic carboxylic acids is 1. The zero-order chi connectivity index (χ0) is 25.8. The first kappa shape index (κ1) is 25.7. The Labute approximate surface area is 217 Å². The molecule has 5 unspecified atom stereocenters. The molecule has 4 aliphatic rings. The number of carboxylic acids is 1. The molecule has 4 fully saturated rings. The van der Waals surface area contributed by atoms with E-state index < -0.39 is 5.97 Å². The van der Waals surface area contributed by atoms with Gasteiger partial charge in [-0.3, -0.25) is 30.5 Å². The molecule has 0 radical (unpaired) electrons. The molecule has 0 aromatic heterocycles. The standard InChI is InChI=1S/C26H38N8O3/c27-10-7-17-8-12-33(13-9-17)26-30-21-15-28-32-25(37)23(21)24(31-26)29-19-3-5-20(6-4-19)34-11-1-2-18(16-34)14-22(35)36/h3-6,17-18,21,23-24,26,28-31H,1-2,7-9,11-16H2,(H,32,37)(H,35,36). The fraction of sp³-hybridized carbons (Fsp3) is 0.654. The van der Waals surface area contributed by atoms with Gasteiger partial charge in [-0.15, -0.1) is 0 Å². The highest BCUT2D eigenvalue weighted by Crippen LogP contribution is 2.28. The Balaban J connectivity index is 1.24. The second-order valence-electron chi connectivity index (χ2n) is 10.8. The summed E-state index contributed by atoms with van der Waals surface area (Å²) >= 11 is 0. The summed E-state index contributed by atoms with van der Waals surface area (Å²) in [6, 6.07) is 10.5. The van der Waals surface area contributed by atoms with E-state index >= 15 is 0 Å². The summed E-state index contributed by atoms with van der Waals surface area (Å²) in [6.07, 6.45) is 4.48. The number of likely N-dealkylation sites (tertiary alicyclic amines) is 1. The summed E-state index contributed by atoms with van der Waals surface area (Å²) in [5, 5.41) is 29.0. The van der Waals surface area contributed by atoms with Crippen LogP contribution in [0.3, 0.4) is 0 Å². The van der Waals surface area contributed by atoms with E-state index in [1.807, 2.05) is 12.1 Å². The van der Waals surface area contributed by atoms with Crippen molar-refractivity contribution in [2.75, 3.05) is 42.9 Å².